The number of primary amides is 1. The molecule has 140 valence electrons. The van der Waals surface area contributed by atoms with Crippen molar-refractivity contribution < 1.29 is 22.8 Å². The largest absolute Gasteiger partial charge is 0.417 e. The maximum absolute atomic E-state index is 12.5. The summed E-state index contributed by atoms with van der Waals surface area (Å²) in [6.45, 7) is 3.72. The van der Waals surface area contributed by atoms with Crippen LogP contribution in [0.3, 0.4) is 0 Å². The Morgan fingerprint density at radius 1 is 1.40 bits per heavy atom. The van der Waals surface area contributed by atoms with Crippen LogP contribution in [0.1, 0.15) is 19.4 Å². The fraction of sp³-hybridized carbons (Fsp3) is 0.500. The second kappa shape index (κ2) is 9.14. The van der Waals surface area contributed by atoms with Gasteiger partial charge in [-0.3, -0.25) is 4.79 Å². The fourth-order valence-corrected chi connectivity index (χ4v) is 2.86. The Labute approximate surface area is 152 Å². The number of urea groups is 1. The van der Waals surface area contributed by atoms with Crippen LogP contribution >= 0.6 is 23.4 Å². The molecule has 0 aromatic carbocycles. The summed E-state index contributed by atoms with van der Waals surface area (Å²) < 4.78 is 37.6. The van der Waals surface area contributed by atoms with E-state index in [0.717, 1.165) is 17.8 Å². The van der Waals surface area contributed by atoms with Gasteiger partial charge in [-0.25, -0.2) is 9.78 Å². The summed E-state index contributed by atoms with van der Waals surface area (Å²) in [6, 6.07) is -0.764. The maximum atomic E-state index is 12.5. The quantitative estimate of drug-likeness (QED) is 0.486. The summed E-state index contributed by atoms with van der Waals surface area (Å²) in [5.41, 5.74) is 4.10. The first-order valence-electron chi connectivity index (χ1n) is 7.21. The number of nitrogens with zero attached hydrogens (tertiary/aromatic N) is 1. The lowest BCUT2D eigenvalue weighted by atomic mass is 10.0. The number of carbonyl (C=O) groups excluding carboxylic acids is 2. The van der Waals surface area contributed by atoms with E-state index < -0.39 is 29.7 Å². The van der Waals surface area contributed by atoms with Gasteiger partial charge in [0.2, 0.25) is 5.91 Å². The first-order valence-corrected chi connectivity index (χ1v) is 8.58. The number of pyridine rings is 1. The van der Waals surface area contributed by atoms with Crippen LogP contribution in [0.25, 0.3) is 0 Å². The molecule has 1 heterocycles. The monoisotopic (exact) mass is 398 g/mol. The third-order valence-electron chi connectivity index (χ3n) is 3.02. The molecule has 4 N–H and O–H groups in total. The van der Waals surface area contributed by atoms with Gasteiger partial charge >= 0.3 is 12.2 Å². The summed E-state index contributed by atoms with van der Waals surface area (Å²) in [5.74, 6) is -0.224. The minimum Gasteiger partial charge on any atom is -0.353 e. The highest BCUT2D eigenvalue weighted by Gasteiger charge is 2.31. The van der Waals surface area contributed by atoms with E-state index in [0.29, 0.717) is 11.9 Å². The molecule has 0 fully saturated rings. The normalized spacial score (nSPS) is 12.8. The molecule has 1 rings (SSSR count). The molecule has 1 aromatic rings. The van der Waals surface area contributed by atoms with Crippen LogP contribution < -0.4 is 16.4 Å². The summed E-state index contributed by atoms with van der Waals surface area (Å²) >= 11 is 6.90. The molecule has 0 radical (unpaired) electrons. The summed E-state index contributed by atoms with van der Waals surface area (Å²) in [5, 5.41) is 5.09. The highest BCUT2D eigenvalue weighted by Crippen LogP contribution is 2.33. The number of nitrogens with one attached hydrogen (secondary N) is 2. The van der Waals surface area contributed by atoms with E-state index in [1.165, 1.54) is 0 Å². The Kier molecular flexibility index (Phi) is 7.81. The summed E-state index contributed by atoms with van der Waals surface area (Å²) in [4.78, 5) is 26.6. The number of nitrogens with two attached hydrogens (primary N) is 1. The van der Waals surface area contributed by atoms with Gasteiger partial charge in [-0.15, -0.1) is 11.8 Å². The molecule has 1 atom stereocenters. The molecule has 0 saturated heterocycles. The van der Waals surface area contributed by atoms with Crippen molar-refractivity contribution in [1.29, 1.82) is 0 Å². The van der Waals surface area contributed by atoms with Crippen molar-refractivity contribution in [2.75, 3.05) is 12.3 Å². The second-order valence-corrected chi connectivity index (χ2v) is 6.87. The fourth-order valence-electron chi connectivity index (χ4n) is 1.81. The molecule has 25 heavy (non-hydrogen) atoms. The molecule has 0 saturated carbocycles. The van der Waals surface area contributed by atoms with E-state index >= 15 is 0 Å². The second-order valence-electron chi connectivity index (χ2n) is 5.38. The minimum absolute atomic E-state index is 0.110. The third-order valence-corrected chi connectivity index (χ3v) is 4.43. The van der Waals surface area contributed by atoms with Crippen molar-refractivity contribution in [2.24, 2.45) is 11.7 Å². The zero-order valence-corrected chi connectivity index (χ0v) is 15.1. The average molecular weight is 399 g/mol. The molecular weight excluding hydrogens is 381 g/mol. The van der Waals surface area contributed by atoms with E-state index in [9.17, 15) is 22.8 Å². The van der Waals surface area contributed by atoms with Crippen molar-refractivity contribution in [3.8, 4) is 0 Å². The van der Waals surface area contributed by atoms with Crippen LogP contribution in [-0.2, 0) is 11.0 Å². The Balaban J connectivity index is 2.52. The zero-order valence-electron chi connectivity index (χ0n) is 13.5. The first kappa shape index (κ1) is 21.4. The van der Waals surface area contributed by atoms with E-state index in [2.05, 4.69) is 15.6 Å². The van der Waals surface area contributed by atoms with Crippen molar-refractivity contribution in [3.05, 3.63) is 22.8 Å². The highest BCUT2D eigenvalue weighted by atomic mass is 35.5. The van der Waals surface area contributed by atoms with Crippen LogP contribution in [0.5, 0.6) is 0 Å². The Morgan fingerprint density at radius 2 is 2.04 bits per heavy atom. The number of hydrogen-bond donors (Lipinski definition) is 3. The van der Waals surface area contributed by atoms with Crippen molar-refractivity contribution in [3.63, 3.8) is 0 Å². The van der Waals surface area contributed by atoms with Crippen LogP contribution in [0.15, 0.2) is 17.3 Å². The van der Waals surface area contributed by atoms with E-state index in [-0.39, 0.29) is 22.5 Å². The molecule has 0 unspecified atom stereocenters. The molecule has 0 aliphatic heterocycles. The summed E-state index contributed by atoms with van der Waals surface area (Å²) in [7, 11) is 0. The number of carbonyl (C=O) groups is 2. The highest BCUT2D eigenvalue weighted by molar-refractivity contribution is 7.99. The predicted molar refractivity (Wildman–Crippen MR) is 89.3 cm³/mol. The van der Waals surface area contributed by atoms with Gasteiger partial charge in [0.05, 0.1) is 10.6 Å². The Bertz CT molecular complexity index is 629. The molecule has 3 amide bonds. The standard InChI is InChI=1S/C14H18ClF3N4O2S/c1-7(2)10(22-13(19)24)11(23)20-3-4-25-12-9(15)5-8(6-21-12)14(16,17)18/h5-7,10H,3-4H2,1-2H3,(H,20,23)(H3,19,22,24)/t10-/m1/s1. The van der Waals surface area contributed by atoms with Crippen molar-refractivity contribution in [1.82, 2.24) is 15.6 Å². The van der Waals surface area contributed by atoms with Crippen LogP contribution in [0, 0.1) is 5.92 Å². The molecule has 6 nitrogen and oxygen atoms in total. The van der Waals surface area contributed by atoms with Crippen molar-refractivity contribution in [2.45, 2.75) is 31.1 Å². The van der Waals surface area contributed by atoms with Gasteiger partial charge in [0.15, 0.2) is 0 Å². The Morgan fingerprint density at radius 3 is 2.52 bits per heavy atom. The Hall–Kier alpha value is -1.68. The van der Waals surface area contributed by atoms with Gasteiger partial charge in [-0.05, 0) is 12.0 Å². The third kappa shape index (κ3) is 6.99. The van der Waals surface area contributed by atoms with Crippen LogP contribution in [0.4, 0.5) is 18.0 Å². The van der Waals surface area contributed by atoms with E-state index in [4.69, 9.17) is 17.3 Å². The topological polar surface area (TPSA) is 97.1 Å². The smallest absolute Gasteiger partial charge is 0.353 e. The lowest BCUT2D eigenvalue weighted by Crippen LogP contribution is -2.51. The van der Waals surface area contributed by atoms with Gasteiger partial charge in [0.1, 0.15) is 11.1 Å². The molecule has 0 bridgehead atoms. The molecule has 1 aromatic heterocycles. The summed E-state index contributed by atoms with van der Waals surface area (Å²) in [6.07, 6.45) is -3.80. The van der Waals surface area contributed by atoms with Gasteiger partial charge in [0, 0.05) is 18.5 Å². The average Bonchev–Trinajstić information content (AvgIpc) is 2.48. The van der Waals surface area contributed by atoms with Crippen LogP contribution in [0.2, 0.25) is 5.02 Å². The molecule has 11 heteroatoms. The van der Waals surface area contributed by atoms with Gasteiger partial charge in [-0.2, -0.15) is 13.2 Å². The number of rotatable bonds is 7. The van der Waals surface area contributed by atoms with E-state index in [1.54, 1.807) is 13.8 Å². The molecular formula is C14H18ClF3N4O2S. The number of halogens is 4. The molecule has 0 spiro atoms. The molecule has 0 aliphatic rings. The number of alkyl halides is 3. The SMILES string of the molecule is CC(C)[C@@H](NC(N)=O)C(=O)NCCSc1ncc(C(F)(F)F)cc1Cl. The van der Waals surface area contributed by atoms with E-state index in [1.807, 2.05) is 0 Å². The number of hydrogen-bond acceptors (Lipinski definition) is 4. The number of thioether (sulfide) groups is 1. The minimum atomic E-state index is -4.51. The molecule has 0 aliphatic carbocycles. The first-order chi connectivity index (χ1) is 11.5. The maximum Gasteiger partial charge on any atom is 0.417 e. The van der Waals surface area contributed by atoms with Gasteiger partial charge in [-0.1, -0.05) is 25.4 Å². The van der Waals surface area contributed by atoms with Gasteiger partial charge < -0.3 is 16.4 Å². The number of amides is 3. The predicted octanol–water partition coefficient (Wildman–Crippen LogP) is 2.66. The van der Waals surface area contributed by atoms with Gasteiger partial charge in [0.25, 0.3) is 0 Å². The van der Waals surface area contributed by atoms with Crippen LogP contribution in [-0.4, -0.2) is 35.3 Å². The van der Waals surface area contributed by atoms with Crippen molar-refractivity contribution >= 4 is 35.3 Å². The lowest BCUT2D eigenvalue weighted by molar-refractivity contribution is -0.137. The number of aromatic nitrogens is 1. The zero-order chi connectivity index (χ0) is 19.2. The lowest BCUT2D eigenvalue weighted by Gasteiger charge is -2.20.